The summed E-state index contributed by atoms with van der Waals surface area (Å²) in [5.41, 5.74) is -0.549. The van der Waals surface area contributed by atoms with E-state index in [1.54, 1.807) is 14.2 Å². The van der Waals surface area contributed by atoms with Crippen molar-refractivity contribution in [1.29, 1.82) is 0 Å². The zero-order chi connectivity index (χ0) is 15.0. The van der Waals surface area contributed by atoms with Crippen LogP contribution in [-0.2, 0) is 26.5 Å². The molecule has 1 fully saturated rings. The number of aromatic nitrogens is 2. The first-order valence-corrected chi connectivity index (χ1v) is 7.85. The first-order valence-electron chi connectivity index (χ1n) is 6.41. The van der Waals surface area contributed by atoms with Crippen molar-refractivity contribution < 1.29 is 17.9 Å². The molecule has 0 spiro atoms. The Bertz CT molecular complexity index is 567. The first-order chi connectivity index (χ1) is 9.26. The van der Waals surface area contributed by atoms with Gasteiger partial charge in [-0.2, -0.15) is 9.40 Å². The van der Waals surface area contributed by atoms with Crippen LogP contribution >= 0.6 is 0 Å². The van der Waals surface area contributed by atoms with Gasteiger partial charge in [0.1, 0.15) is 0 Å². The first kappa shape index (κ1) is 15.4. The molecule has 0 saturated carbocycles. The molecule has 1 aliphatic rings. The maximum absolute atomic E-state index is 12.7. The highest BCUT2D eigenvalue weighted by Gasteiger charge is 2.40. The Labute approximate surface area is 119 Å². The van der Waals surface area contributed by atoms with E-state index in [2.05, 4.69) is 5.10 Å². The number of hydrogen-bond donors (Lipinski definition) is 0. The van der Waals surface area contributed by atoms with Crippen molar-refractivity contribution in [2.45, 2.75) is 30.6 Å². The standard InChI is InChI=1S/C12H21N3O4S/c1-12(2)9-15(7-10(19-12)8-18-4)20(16,17)11-5-6-13-14(11)3/h5-6,10H,7-9H2,1-4H3/t10-/m1/s1. The van der Waals surface area contributed by atoms with E-state index >= 15 is 0 Å². The fraction of sp³-hybridized carbons (Fsp3) is 0.750. The molecule has 114 valence electrons. The highest BCUT2D eigenvalue weighted by Crippen LogP contribution is 2.26. The monoisotopic (exact) mass is 303 g/mol. The third-order valence-corrected chi connectivity index (χ3v) is 5.07. The van der Waals surface area contributed by atoms with Crippen molar-refractivity contribution in [1.82, 2.24) is 14.1 Å². The van der Waals surface area contributed by atoms with Gasteiger partial charge < -0.3 is 9.47 Å². The fourth-order valence-corrected chi connectivity index (χ4v) is 4.17. The van der Waals surface area contributed by atoms with E-state index in [1.165, 1.54) is 21.3 Å². The number of ether oxygens (including phenoxy) is 2. The molecule has 2 rings (SSSR count). The van der Waals surface area contributed by atoms with Crippen LogP contribution < -0.4 is 0 Å². The van der Waals surface area contributed by atoms with Gasteiger partial charge >= 0.3 is 0 Å². The summed E-state index contributed by atoms with van der Waals surface area (Å²) in [7, 11) is -0.383. The van der Waals surface area contributed by atoms with Crippen molar-refractivity contribution in [3.8, 4) is 0 Å². The van der Waals surface area contributed by atoms with Gasteiger partial charge in [-0.05, 0) is 19.9 Å². The SMILES string of the molecule is COC[C@H]1CN(S(=O)(=O)c2ccnn2C)CC(C)(C)O1. The molecule has 0 aromatic carbocycles. The lowest BCUT2D eigenvalue weighted by molar-refractivity contribution is -0.135. The summed E-state index contributed by atoms with van der Waals surface area (Å²) in [4.78, 5) is 0. The molecule has 1 atom stereocenters. The summed E-state index contributed by atoms with van der Waals surface area (Å²) in [6, 6.07) is 1.50. The van der Waals surface area contributed by atoms with Crippen molar-refractivity contribution in [2.24, 2.45) is 7.05 Å². The van der Waals surface area contributed by atoms with Crippen LogP contribution in [0.15, 0.2) is 17.3 Å². The summed E-state index contributed by atoms with van der Waals surface area (Å²) in [6.07, 6.45) is 1.21. The van der Waals surface area contributed by atoms with Crippen LogP contribution in [0.3, 0.4) is 0 Å². The van der Waals surface area contributed by atoms with Gasteiger partial charge in [-0.25, -0.2) is 8.42 Å². The topological polar surface area (TPSA) is 73.7 Å². The molecule has 2 heterocycles. The Morgan fingerprint density at radius 3 is 2.80 bits per heavy atom. The summed E-state index contributed by atoms with van der Waals surface area (Å²) < 4.78 is 39.1. The zero-order valence-corrected chi connectivity index (χ0v) is 13.1. The van der Waals surface area contributed by atoms with Crippen molar-refractivity contribution in [3.05, 3.63) is 12.3 Å². The fourth-order valence-electron chi connectivity index (χ4n) is 2.44. The minimum absolute atomic E-state index is 0.186. The smallest absolute Gasteiger partial charge is 0.260 e. The number of hydrogen-bond acceptors (Lipinski definition) is 5. The van der Waals surface area contributed by atoms with Crippen LogP contribution in [-0.4, -0.2) is 61.0 Å². The molecular weight excluding hydrogens is 282 g/mol. The van der Waals surface area contributed by atoms with E-state index in [0.717, 1.165) is 0 Å². The number of aryl methyl sites for hydroxylation is 1. The predicted octanol–water partition coefficient (Wildman–Crippen LogP) is 0.235. The molecule has 1 aliphatic heterocycles. The molecule has 8 heteroatoms. The van der Waals surface area contributed by atoms with Crippen LogP contribution in [0.5, 0.6) is 0 Å². The molecule has 7 nitrogen and oxygen atoms in total. The van der Waals surface area contributed by atoms with Gasteiger partial charge in [-0.3, -0.25) is 4.68 Å². The minimum Gasteiger partial charge on any atom is -0.382 e. The van der Waals surface area contributed by atoms with Gasteiger partial charge in [0.25, 0.3) is 10.0 Å². The lowest BCUT2D eigenvalue weighted by atomic mass is 10.1. The molecule has 1 aromatic rings. The third-order valence-electron chi connectivity index (χ3n) is 3.18. The number of rotatable bonds is 4. The van der Waals surface area contributed by atoms with Crippen LogP contribution in [0, 0.1) is 0 Å². The van der Waals surface area contributed by atoms with E-state index in [0.29, 0.717) is 13.2 Å². The van der Waals surface area contributed by atoms with E-state index in [4.69, 9.17) is 9.47 Å². The second kappa shape index (κ2) is 5.44. The second-order valence-corrected chi connectivity index (χ2v) is 7.43. The lowest BCUT2D eigenvalue weighted by Gasteiger charge is -2.41. The van der Waals surface area contributed by atoms with Gasteiger partial charge in [-0.1, -0.05) is 0 Å². The van der Waals surface area contributed by atoms with Gasteiger partial charge in [0.05, 0.1) is 24.5 Å². The van der Waals surface area contributed by atoms with E-state index < -0.39 is 15.6 Å². The molecule has 0 aliphatic carbocycles. The van der Waals surface area contributed by atoms with Crippen LogP contribution in [0.25, 0.3) is 0 Å². The molecule has 0 radical (unpaired) electrons. The second-order valence-electron chi connectivity index (χ2n) is 5.55. The number of nitrogens with zero attached hydrogens (tertiary/aromatic N) is 3. The molecule has 20 heavy (non-hydrogen) atoms. The Balaban J connectivity index is 2.29. The van der Waals surface area contributed by atoms with Crippen molar-refractivity contribution in [3.63, 3.8) is 0 Å². The predicted molar refractivity (Wildman–Crippen MR) is 72.8 cm³/mol. The largest absolute Gasteiger partial charge is 0.382 e. The Morgan fingerprint density at radius 2 is 2.25 bits per heavy atom. The number of sulfonamides is 1. The molecule has 0 amide bonds. The summed E-state index contributed by atoms with van der Waals surface area (Å²) in [5, 5.41) is 4.11. The average Bonchev–Trinajstić information content (AvgIpc) is 2.74. The van der Waals surface area contributed by atoms with Crippen LogP contribution in [0.2, 0.25) is 0 Å². The van der Waals surface area contributed by atoms with E-state index in [-0.39, 0.29) is 17.7 Å². The molecule has 0 unspecified atom stereocenters. The van der Waals surface area contributed by atoms with Gasteiger partial charge in [0.2, 0.25) is 0 Å². The Hall–Kier alpha value is -0.960. The molecular formula is C12H21N3O4S. The zero-order valence-electron chi connectivity index (χ0n) is 12.2. The summed E-state index contributed by atoms with van der Waals surface area (Å²) >= 11 is 0. The average molecular weight is 303 g/mol. The van der Waals surface area contributed by atoms with Gasteiger partial charge in [0.15, 0.2) is 5.03 Å². The normalized spacial score (nSPS) is 23.9. The lowest BCUT2D eigenvalue weighted by Crippen LogP contribution is -2.55. The van der Waals surface area contributed by atoms with E-state index in [1.807, 2.05) is 13.8 Å². The number of morpholine rings is 1. The van der Waals surface area contributed by atoms with E-state index in [9.17, 15) is 8.42 Å². The minimum atomic E-state index is -3.57. The van der Waals surface area contributed by atoms with Gasteiger partial charge in [-0.15, -0.1) is 0 Å². The van der Waals surface area contributed by atoms with Crippen molar-refractivity contribution in [2.75, 3.05) is 26.8 Å². The highest BCUT2D eigenvalue weighted by molar-refractivity contribution is 7.89. The van der Waals surface area contributed by atoms with Crippen LogP contribution in [0.1, 0.15) is 13.8 Å². The van der Waals surface area contributed by atoms with Crippen molar-refractivity contribution >= 4 is 10.0 Å². The molecule has 1 aromatic heterocycles. The molecule has 0 bridgehead atoms. The molecule has 1 saturated heterocycles. The maximum Gasteiger partial charge on any atom is 0.260 e. The maximum atomic E-state index is 12.7. The highest BCUT2D eigenvalue weighted by atomic mass is 32.2. The van der Waals surface area contributed by atoms with Crippen LogP contribution in [0.4, 0.5) is 0 Å². The number of methoxy groups -OCH3 is 1. The summed E-state index contributed by atoms with van der Waals surface area (Å²) in [6.45, 7) is 4.70. The summed E-state index contributed by atoms with van der Waals surface area (Å²) in [5.74, 6) is 0. The Kier molecular flexibility index (Phi) is 4.19. The third kappa shape index (κ3) is 3.03. The quantitative estimate of drug-likeness (QED) is 0.796. The van der Waals surface area contributed by atoms with Gasteiger partial charge in [0, 0.05) is 27.2 Å². The Morgan fingerprint density at radius 1 is 1.55 bits per heavy atom. The molecule has 0 N–H and O–H groups in total.